The first-order valence-corrected chi connectivity index (χ1v) is 10.0. The van der Waals surface area contributed by atoms with Gasteiger partial charge in [0.25, 0.3) is 5.91 Å². The monoisotopic (exact) mass is 396 g/mol. The normalized spacial score (nSPS) is 11.8. The van der Waals surface area contributed by atoms with Crippen LogP contribution in [0.4, 0.5) is 0 Å². The maximum Gasteiger partial charge on any atom is 0.340 e. The van der Waals surface area contributed by atoms with E-state index in [1.807, 2.05) is 62.5 Å². The molecule has 1 atom stereocenters. The van der Waals surface area contributed by atoms with E-state index in [1.54, 1.807) is 11.3 Å². The van der Waals surface area contributed by atoms with E-state index in [2.05, 4.69) is 22.0 Å². The summed E-state index contributed by atoms with van der Waals surface area (Å²) in [7, 11) is 0. The van der Waals surface area contributed by atoms with Crippen molar-refractivity contribution in [3.63, 3.8) is 0 Å². The molecule has 0 aliphatic heterocycles. The molecular formula is C22H24N2O3S. The number of esters is 1. The topological polar surface area (TPSA) is 60.3 Å². The van der Waals surface area contributed by atoms with Crippen LogP contribution in [0.1, 0.15) is 45.2 Å². The number of nitrogens with zero attached hydrogens (tertiary/aromatic N) is 1. The van der Waals surface area contributed by atoms with Crippen LogP contribution in [0, 0.1) is 13.8 Å². The molecule has 0 radical (unpaired) electrons. The molecule has 0 bridgehead atoms. The maximum atomic E-state index is 12.5. The minimum absolute atomic E-state index is 0.109. The van der Waals surface area contributed by atoms with E-state index in [9.17, 15) is 9.59 Å². The summed E-state index contributed by atoms with van der Waals surface area (Å²) >= 11 is 1.58. The van der Waals surface area contributed by atoms with Gasteiger partial charge in [-0.15, -0.1) is 11.3 Å². The van der Waals surface area contributed by atoms with Crippen molar-refractivity contribution >= 4 is 23.2 Å². The Kier molecular flexibility index (Phi) is 6.31. The van der Waals surface area contributed by atoms with Gasteiger partial charge < -0.3 is 14.6 Å². The van der Waals surface area contributed by atoms with Gasteiger partial charge in [0.1, 0.15) is 0 Å². The Morgan fingerprint density at radius 3 is 2.57 bits per heavy atom. The number of carbonyl (C=O) groups is 2. The molecule has 0 spiro atoms. The lowest BCUT2D eigenvalue weighted by Crippen LogP contribution is -2.30. The molecule has 146 valence electrons. The van der Waals surface area contributed by atoms with Crippen molar-refractivity contribution in [1.29, 1.82) is 0 Å². The van der Waals surface area contributed by atoms with E-state index in [-0.39, 0.29) is 18.6 Å². The van der Waals surface area contributed by atoms with Gasteiger partial charge in [-0.25, -0.2) is 4.79 Å². The van der Waals surface area contributed by atoms with E-state index in [0.717, 1.165) is 21.8 Å². The van der Waals surface area contributed by atoms with Gasteiger partial charge in [-0.3, -0.25) is 4.79 Å². The molecule has 0 fully saturated rings. The highest BCUT2D eigenvalue weighted by atomic mass is 32.1. The summed E-state index contributed by atoms with van der Waals surface area (Å²) in [4.78, 5) is 25.6. The molecule has 28 heavy (non-hydrogen) atoms. The summed E-state index contributed by atoms with van der Waals surface area (Å²) in [6, 6.07) is 15.7. The molecule has 2 aromatic heterocycles. The zero-order chi connectivity index (χ0) is 20.1. The van der Waals surface area contributed by atoms with Crippen LogP contribution in [0.5, 0.6) is 0 Å². The Morgan fingerprint density at radius 2 is 1.89 bits per heavy atom. The zero-order valence-electron chi connectivity index (χ0n) is 16.3. The van der Waals surface area contributed by atoms with Crippen molar-refractivity contribution < 1.29 is 14.3 Å². The highest BCUT2D eigenvalue weighted by molar-refractivity contribution is 7.10. The minimum atomic E-state index is -0.480. The second-order valence-corrected chi connectivity index (χ2v) is 7.72. The van der Waals surface area contributed by atoms with Crippen molar-refractivity contribution in [3.05, 3.63) is 81.3 Å². The van der Waals surface area contributed by atoms with Gasteiger partial charge in [-0.1, -0.05) is 36.4 Å². The largest absolute Gasteiger partial charge is 0.452 e. The highest BCUT2D eigenvalue weighted by Gasteiger charge is 2.19. The number of ether oxygens (including phenoxy) is 1. The fraction of sp³-hybridized carbons (Fsp3) is 0.273. The number of carbonyl (C=O) groups excluding carboxylic acids is 2. The van der Waals surface area contributed by atoms with Crippen molar-refractivity contribution in [2.75, 3.05) is 6.61 Å². The van der Waals surface area contributed by atoms with Crippen LogP contribution >= 0.6 is 11.3 Å². The Morgan fingerprint density at radius 1 is 1.14 bits per heavy atom. The van der Waals surface area contributed by atoms with Crippen molar-refractivity contribution in [3.8, 4) is 0 Å². The SMILES string of the molecule is Cc1cc(C(=O)OCC(=O)N[C@H](C)c2cccs2)c(C)n1Cc1ccccc1. The summed E-state index contributed by atoms with van der Waals surface area (Å²) in [5, 5.41) is 4.80. The summed E-state index contributed by atoms with van der Waals surface area (Å²) in [5.74, 6) is -0.793. The maximum absolute atomic E-state index is 12.5. The molecule has 0 aliphatic rings. The predicted molar refractivity (Wildman–Crippen MR) is 111 cm³/mol. The van der Waals surface area contributed by atoms with Crippen LogP contribution in [0.3, 0.4) is 0 Å². The predicted octanol–water partition coefficient (Wildman–Crippen LogP) is 4.25. The fourth-order valence-electron chi connectivity index (χ4n) is 3.12. The standard InChI is InChI=1S/C22H24N2O3S/c1-15-12-19(17(3)24(15)13-18-8-5-4-6-9-18)22(26)27-14-21(25)23-16(2)20-10-7-11-28-20/h4-12,16H,13-14H2,1-3H3,(H,23,25)/t16-/m1/s1. The lowest BCUT2D eigenvalue weighted by Gasteiger charge is -2.12. The Balaban J connectivity index is 1.60. The van der Waals surface area contributed by atoms with Gasteiger partial charge in [0.2, 0.25) is 0 Å². The Hall–Kier alpha value is -2.86. The Labute approximate surface area is 169 Å². The van der Waals surface area contributed by atoms with E-state index < -0.39 is 5.97 Å². The molecule has 2 heterocycles. The minimum Gasteiger partial charge on any atom is -0.452 e. The second kappa shape index (κ2) is 8.89. The van der Waals surface area contributed by atoms with Crippen LogP contribution in [0.2, 0.25) is 0 Å². The van der Waals surface area contributed by atoms with Gasteiger partial charge in [-0.05, 0) is 43.8 Å². The third-order valence-corrected chi connectivity index (χ3v) is 5.71. The smallest absolute Gasteiger partial charge is 0.340 e. The molecular weight excluding hydrogens is 372 g/mol. The number of thiophene rings is 1. The van der Waals surface area contributed by atoms with Gasteiger partial charge >= 0.3 is 5.97 Å². The average molecular weight is 397 g/mol. The van der Waals surface area contributed by atoms with E-state index in [4.69, 9.17) is 4.74 Å². The lowest BCUT2D eigenvalue weighted by molar-refractivity contribution is -0.124. The number of hydrogen-bond acceptors (Lipinski definition) is 4. The number of benzene rings is 1. The first-order valence-electron chi connectivity index (χ1n) is 9.16. The lowest BCUT2D eigenvalue weighted by atomic mass is 10.2. The molecule has 0 unspecified atom stereocenters. The summed E-state index contributed by atoms with van der Waals surface area (Å²) < 4.78 is 7.32. The van der Waals surface area contributed by atoms with E-state index >= 15 is 0 Å². The van der Waals surface area contributed by atoms with Gasteiger partial charge in [0.05, 0.1) is 11.6 Å². The fourth-order valence-corrected chi connectivity index (χ4v) is 3.85. The molecule has 1 amide bonds. The van der Waals surface area contributed by atoms with Crippen molar-refractivity contribution in [2.45, 2.75) is 33.4 Å². The van der Waals surface area contributed by atoms with Crippen LogP contribution in [0.15, 0.2) is 53.9 Å². The number of aromatic nitrogens is 1. The Bertz CT molecular complexity index is 946. The quantitative estimate of drug-likeness (QED) is 0.608. The third kappa shape index (κ3) is 4.70. The van der Waals surface area contributed by atoms with Crippen LogP contribution in [-0.2, 0) is 16.1 Å². The molecule has 1 N–H and O–H groups in total. The van der Waals surface area contributed by atoms with Crippen molar-refractivity contribution in [2.24, 2.45) is 0 Å². The van der Waals surface area contributed by atoms with Gasteiger partial charge in [0, 0.05) is 22.8 Å². The molecule has 5 nitrogen and oxygen atoms in total. The van der Waals surface area contributed by atoms with Crippen molar-refractivity contribution in [1.82, 2.24) is 9.88 Å². The second-order valence-electron chi connectivity index (χ2n) is 6.74. The number of aryl methyl sites for hydroxylation is 1. The molecule has 0 aliphatic carbocycles. The summed E-state index contributed by atoms with van der Waals surface area (Å²) in [6.07, 6.45) is 0. The van der Waals surface area contributed by atoms with Crippen LogP contribution < -0.4 is 5.32 Å². The van der Waals surface area contributed by atoms with Crippen LogP contribution in [0.25, 0.3) is 0 Å². The number of nitrogens with one attached hydrogen (secondary N) is 1. The molecule has 0 saturated carbocycles. The first kappa shape index (κ1) is 19.9. The summed E-state index contributed by atoms with van der Waals surface area (Å²) in [6.45, 7) is 6.15. The first-order chi connectivity index (χ1) is 13.5. The number of hydrogen-bond donors (Lipinski definition) is 1. The average Bonchev–Trinajstić information content (AvgIpc) is 3.31. The highest BCUT2D eigenvalue weighted by Crippen LogP contribution is 2.19. The van der Waals surface area contributed by atoms with E-state index in [0.29, 0.717) is 12.1 Å². The zero-order valence-corrected chi connectivity index (χ0v) is 17.1. The third-order valence-electron chi connectivity index (χ3n) is 4.66. The molecule has 3 aromatic rings. The molecule has 3 rings (SSSR count). The van der Waals surface area contributed by atoms with Crippen LogP contribution in [-0.4, -0.2) is 23.1 Å². The molecule has 6 heteroatoms. The van der Waals surface area contributed by atoms with Gasteiger partial charge in [-0.2, -0.15) is 0 Å². The number of amides is 1. The van der Waals surface area contributed by atoms with E-state index in [1.165, 1.54) is 0 Å². The molecule has 0 saturated heterocycles. The molecule has 1 aromatic carbocycles. The number of rotatable bonds is 7. The summed E-state index contributed by atoms with van der Waals surface area (Å²) in [5.41, 5.74) is 3.46. The van der Waals surface area contributed by atoms with Gasteiger partial charge in [0.15, 0.2) is 6.61 Å².